The molecule has 118 valence electrons. The number of thiazole rings is 1. The van der Waals surface area contributed by atoms with Gasteiger partial charge in [0.15, 0.2) is 10.8 Å². The molecule has 0 saturated heterocycles. The highest BCUT2D eigenvalue weighted by Crippen LogP contribution is 2.37. The molecule has 1 aliphatic rings. The van der Waals surface area contributed by atoms with E-state index in [4.69, 9.17) is 0 Å². The van der Waals surface area contributed by atoms with Crippen LogP contribution < -0.4 is 5.56 Å². The zero-order valence-corrected chi connectivity index (χ0v) is 13.1. The molecule has 0 aliphatic heterocycles. The second kappa shape index (κ2) is 5.87. The lowest BCUT2D eigenvalue weighted by atomic mass is 9.84. The van der Waals surface area contributed by atoms with Crippen LogP contribution in [0.5, 0.6) is 0 Å². The van der Waals surface area contributed by atoms with Crippen LogP contribution in [0.4, 0.5) is 8.78 Å². The summed E-state index contributed by atoms with van der Waals surface area (Å²) in [6, 6.07) is 1.46. The van der Waals surface area contributed by atoms with Crippen molar-refractivity contribution < 1.29 is 8.78 Å². The van der Waals surface area contributed by atoms with Crippen LogP contribution in [0.1, 0.15) is 37.1 Å². The average molecular weight is 325 g/mol. The summed E-state index contributed by atoms with van der Waals surface area (Å²) in [5, 5.41) is 2.57. The van der Waals surface area contributed by atoms with Crippen LogP contribution in [0.3, 0.4) is 0 Å². The van der Waals surface area contributed by atoms with E-state index in [0.717, 1.165) is 5.69 Å². The third kappa shape index (κ3) is 3.58. The number of aromatic amines is 1. The minimum Gasteiger partial charge on any atom is -0.304 e. The van der Waals surface area contributed by atoms with E-state index in [0.29, 0.717) is 35.8 Å². The van der Waals surface area contributed by atoms with Crippen LogP contribution >= 0.6 is 11.3 Å². The van der Waals surface area contributed by atoms with Crippen molar-refractivity contribution in [1.29, 1.82) is 0 Å². The Morgan fingerprint density at radius 1 is 1.36 bits per heavy atom. The van der Waals surface area contributed by atoms with Crippen molar-refractivity contribution in [3.63, 3.8) is 0 Å². The molecular weight excluding hydrogens is 308 g/mol. The van der Waals surface area contributed by atoms with E-state index in [1.165, 1.54) is 17.4 Å². The topological polar surface area (TPSA) is 58.6 Å². The first-order chi connectivity index (χ1) is 10.4. The van der Waals surface area contributed by atoms with E-state index in [1.54, 1.807) is 0 Å². The predicted molar refractivity (Wildman–Crippen MR) is 81.3 cm³/mol. The van der Waals surface area contributed by atoms with Gasteiger partial charge >= 0.3 is 0 Å². The van der Waals surface area contributed by atoms with E-state index in [9.17, 15) is 13.6 Å². The molecule has 0 aromatic carbocycles. The maximum absolute atomic E-state index is 13.2. The second-order valence-corrected chi connectivity index (χ2v) is 6.74. The normalized spacial score (nSPS) is 18.5. The molecule has 0 amide bonds. The van der Waals surface area contributed by atoms with Crippen LogP contribution in [-0.2, 0) is 6.42 Å². The lowest BCUT2D eigenvalue weighted by Crippen LogP contribution is -2.26. The van der Waals surface area contributed by atoms with Gasteiger partial charge in [-0.05, 0) is 32.1 Å². The number of aryl methyl sites for hydroxylation is 1. The summed E-state index contributed by atoms with van der Waals surface area (Å²) in [5.41, 5.74) is 1.30. The fraction of sp³-hybridized carbons (Fsp3) is 0.533. The van der Waals surface area contributed by atoms with Gasteiger partial charge in [0.2, 0.25) is 5.92 Å². The van der Waals surface area contributed by atoms with Gasteiger partial charge in [-0.25, -0.2) is 18.7 Å². The van der Waals surface area contributed by atoms with Crippen LogP contribution in [-0.4, -0.2) is 20.9 Å². The number of H-pyrrole nitrogens is 1. The number of nitrogens with one attached hydrogen (secondary N) is 1. The number of halogens is 2. The van der Waals surface area contributed by atoms with E-state index >= 15 is 0 Å². The van der Waals surface area contributed by atoms with Crippen LogP contribution in [0.25, 0.3) is 10.8 Å². The summed E-state index contributed by atoms with van der Waals surface area (Å²) in [6.45, 7) is 1.88. The molecule has 7 heteroatoms. The Bertz CT molecular complexity index is 716. The standard InChI is InChI=1S/C15H17F2N3OS/c1-9-8-22-14(18-9)13-19-11(7-12(21)20-13)6-10-2-4-15(16,17)5-3-10/h7-8,10H,2-6H2,1H3,(H,19,20,21). The number of hydrogen-bond acceptors (Lipinski definition) is 4. The van der Waals surface area contributed by atoms with Crippen molar-refractivity contribution in [2.24, 2.45) is 5.92 Å². The van der Waals surface area contributed by atoms with E-state index in [2.05, 4.69) is 15.0 Å². The molecule has 2 aromatic heterocycles. The largest absolute Gasteiger partial charge is 0.304 e. The van der Waals surface area contributed by atoms with Gasteiger partial charge in [0, 0.05) is 35.7 Å². The maximum Gasteiger partial charge on any atom is 0.251 e. The second-order valence-electron chi connectivity index (χ2n) is 5.88. The molecule has 4 nitrogen and oxygen atoms in total. The Morgan fingerprint density at radius 3 is 2.73 bits per heavy atom. The molecule has 2 heterocycles. The molecule has 1 fully saturated rings. The van der Waals surface area contributed by atoms with Crippen molar-refractivity contribution in [2.75, 3.05) is 0 Å². The molecule has 0 spiro atoms. The number of hydrogen-bond donors (Lipinski definition) is 1. The fourth-order valence-electron chi connectivity index (χ4n) is 2.78. The summed E-state index contributed by atoms with van der Waals surface area (Å²) in [7, 11) is 0. The molecule has 0 unspecified atom stereocenters. The summed E-state index contributed by atoms with van der Waals surface area (Å²) < 4.78 is 26.4. The van der Waals surface area contributed by atoms with Crippen LogP contribution in [0.2, 0.25) is 0 Å². The van der Waals surface area contributed by atoms with Gasteiger partial charge in [0.05, 0.1) is 0 Å². The third-order valence-corrected chi connectivity index (χ3v) is 4.92. The van der Waals surface area contributed by atoms with Gasteiger partial charge in [-0.1, -0.05) is 0 Å². The zero-order valence-electron chi connectivity index (χ0n) is 12.2. The highest BCUT2D eigenvalue weighted by atomic mass is 32.1. The quantitative estimate of drug-likeness (QED) is 0.938. The molecule has 1 saturated carbocycles. The van der Waals surface area contributed by atoms with Gasteiger partial charge in [-0.2, -0.15) is 0 Å². The molecule has 0 atom stereocenters. The Hall–Kier alpha value is -1.63. The summed E-state index contributed by atoms with van der Waals surface area (Å²) in [6.07, 6.45) is 1.39. The van der Waals surface area contributed by atoms with E-state index in [1.807, 2.05) is 12.3 Å². The highest BCUT2D eigenvalue weighted by Gasteiger charge is 2.34. The van der Waals surface area contributed by atoms with Gasteiger partial charge in [-0.15, -0.1) is 11.3 Å². The van der Waals surface area contributed by atoms with Crippen molar-refractivity contribution in [2.45, 2.75) is 45.0 Å². The Balaban J connectivity index is 1.77. The Morgan fingerprint density at radius 2 is 2.09 bits per heavy atom. The summed E-state index contributed by atoms with van der Waals surface area (Å²) >= 11 is 1.42. The molecule has 2 aromatic rings. The fourth-order valence-corrected chi connectivity index (χ4v) is 3.52. The minimum atomic E-state index is -2.53. The van der Waals surface area contributed by atoms with E-state index < -0.39 is 5.92 Å². The lowest BCUT2D eigenvalue weighted by Gasteiger charge is -2.27. The first-order valence-electron chi connectivity index (χ1n) is 7.32. The van der Waals surface area contributed by atoms with Gasteiger partial charge in [0.25, 0.3) is 5.56 Å². The highest BCUT2D eigenvalue weighted by molar-refractivity contribution is 7.13. The summed E-state index contributed by atoms with van der Waals surface area (Å²) in [4.78, 5) is 23.3. The van der Waals surface area contributed by atoms with Crippen molar-refractivity contribution in [3.05, 3.63) is 33.2 Å². The zero-order chi connectivity index (χ0) is 15.7. The smallest absolute Gasteiger partial charge is 0.251 e. The molecular formula is C15H17F2N3OS. The van der Waals surface area contributed by atoms with Crippen LogP contribution in [0.15, 0.2) is 16.2 Å². The molecule has 0 radical (unpaired) electrons. The first-order valence-corrected chi connectivity index (χ1v) is 8.20. The van der Waals surface area contributed by atoms with Crippen molar-refractivity contribution >= 4 is 11.3 Å². The predicted octanol–water partition coefficient (Wildman–Crippen LogP) is 3.57. The van der Waals surface area contributed by atoms with Gasteiger partial charge in [-0.3, -0.25) is 4.79 Å². The number of alkyl halides is 2. The third-order valence-electron chi connectivity index (χ3n) is 3.95. The maximum atomic E-state index is 13.2. The molecule has 1 aliphatic carbocycles. The number of nitrogens with zero attached hydrogens (tertiary/aromatic N) is 2. The van der Waals surface area contributed by atoms with Crippen LogP contribution in [0, 0.1) is 12.8 Å². The Labute approximate surface area is 130 Å². The minimum absolute atomic E-state index is 0.0701. The monoisotopic (exact) mass is 325 g/mol. The number of aromatic nitrogens is 3. The van der Waals surface area contributed by atoms with Crippen molar-refractivity contribution in [1.82, 2.24) is 15.0 Å². The molecule has 22 heavy (non-hydrogen) atoms. The molecule has 0 bridgehead atoms. The molecule has 3 rings (SSSR count). The lowest BCUT2D eigenvalue weighted by molar-refractivity contribution is -0.0457. The van der Waals surface area contributed by atoms with E-state index in [-0.39, 0.29) is 24.3 Å². The number of rotatable bonds is 3. The Kier molecular flexibility index (Phi) is 4.08. The average Bonchev–Trinajstić information content (AvgIpc) is 2.87. The first kappa shape index (κ1) is 15.3. The van der Waals surface area contributed by atoms with Gasteiger partial charge in [0.1, 0.15) is 0 Å². The molecule has 1 N–H and O–H groups in total. The van der Waals surface area contributed by atoms with Gasteiger partial charge < -0.3 is 4.98 Å². The SMILES string of the molecule is Cc1csc(-c2nc(CC3CCC(F)(F)CC3)cc(=O)[nH]2)n1. The summed E-state index contributed by atoms with van der Waals surface area (Å²) in [5.74, 6) is -1.90. The van der Waals surface area contributed by atoms with Crippen molar-refractivity contribution in [3.8, 4) is 10.8 Å².